The minimum Gasteiger partial charge on any atom is -0.414 e. The maximum Gasteiger partial charge on any atom is 0.335 e. The van der Waals surface area contributed by atoms with Gasteiger partial charge in [0.05, 0.1) is 43.8 Å². The number of hydrogen-bond acceptors (Lipinski definition) is 13. The first-order chi connectivity index (χ1) is 23.2. The Morgan fingerprint density at radius 2 is 1.67 bits per heavy atom. The van der Waals surface area contributed by atoms with Crippen LogP contribution in [0.4, 0.5) is 17.3 Å². The third-order valence-electron chi connectivity index (χ3n) is 10.8. The molecule has 4 aliphatic heterocycles. The fourth-order valence-corrected chi connectivity index (χ4v) is 19.3. The summed E-state index contributed by atoms with van der Waals surface area (Å²) in [6.07, 6.45) is 0.400. The second-order valence-electron chi connectivity index (χ2n) is 15.1. The van der Waals surface area contributed by atoms with E-state index in [4.69, 9.17) is 32.4 Å². The predicted molar refractivity (Wildman–Crippen MR) is 187 cm³/mol. The van der Waals surface area contributed by atoms with Crippen molar-refractivity contribution < 1.29 is 37.8 Å². The van der Waals surface area contributed by atoms with Gasteiger partial charge in [-0.1, -0.05) is 55.4 Å². The highest BCUT2D eigenvalue weighted by Crippen LogP contribution is 2.52. The maximum absolute atomic E-state index is 12.4. The first-order valence-corrected chi connectivity index (χ1v) is 21.5. The van der Waals surface area contributed by atoms with Gasteiger partial charge >= 0.3 is 17.1 Å². The lowest BCUT2D eigenvalue weighted by atomic mass is 10.1. The Morgan fingerprint density at radius 3 is 2.27 bits per heavy atom. The minimum atomic E-state index is -3.08. The number of nitrogens with zero attached hydrogens (tertiary/aromatic N) is 5. The van der Waals surface area contributed by atoms with E-state index in [1.54, 1.807) is 18.9 Å². The summed E-state index contributed by atoms with van der Waals surface area (Å²) in [4.78, 5) is 21.3. The number of quaternary nitrogens is 1. The van der Waals surface area contributed by atoms with Crippen LogP contribution in [0.1, 0.15) is 80.5 Å². The second kappa shape index (κ2) is 13.8. The molecule has 0 aliphatic carbocycles. The quantitative estimate of drug-likeness (QED) is 0.177. The van der Waals surface area contributed by atoms with Crippen LogP contribution in [0.3, 0.4) is 0 Å². The molecule has 49 heavy (non-hydrogen) atoms. The molecule has 17 heteroatoms. The number of aromatic amines is 1. The Morgan fingerprint density at radius 1 is 0.980 bits per heavy atom. The summed E-state index contributed by atoms with van der Waals surface area (Å²) < 4.78 is 34.5. The lowest BCUT2D eigenvalue weighted by Gasteiger charge is -2.51. The SMILES string of the molecule is CC(Nc1ncnc2c1N=C[N+]2([C@@H]1C[C@H](O)[C@@H](CO)O1)[C@@H]1O[C@@H]2CO[Si](C(C)C)(C(C)C)O[Si](C(C)C)(C(C)C)O[C@H]2[C@H]1O)c1cnc[nH]1. The molecule has 0 spiro atoms. The monoisotopic (exact) mass is 720 g/mol. The van der Waals surface area contributed by atoms with Gasteiger partial charge in [0, 0.05) is 6.20 Å². The molecule has 6 rings (SSSR count). The van der Waals surface area contributed by atoms with Gasteiger partial charge in [0.15, 0.2) is 17.6 Å². The van der Waals surface area contributed by atoms with Gasteiger partial charge in [0.25, 0.3) is 5.82 Å². The number of imidazole rings is 1. The summed E-state index contributed by atoms with van der Waals surface area (Å²) in [6.45, 7) is 19.0. The number of anilines is 1. The summed E-state index contributed by atoms with van der Waals surface area (Å²) in [6, 6.07) is -0.187. The fraction of sp³-hybridized carbons (Fsp3) is 0.750. The molecule has 0 saturated carbocycles. The first kappa shape index (κ1) is 36.6. The molecule has 2 aromatic heterocycles. The van der Waals surface area contributed by atoms with E-state index in [0.29, 0.717) is 17.3 Å². The molecule has 3 saturated heterocycles. The van der Waals surface area contributed by atoms with E-state index in [0.717, 1.165) is 5.69 Å². The van der Waals surface area contributed by atoms with Gasteiger partial charge in [-0.2, -0.15) is 14.5 Å². The molecular formula is C32H54N7O8Si2+. The molecule has 0 amide bonds. The highest BCUT2D eigenvalue weighted by Gasteiger charge is 2.67. The van der Waals surface area contributed by atoms with Gasteiger partial charge in [-0.15, -0.1) is 0 Å². The largest absolute Gasteiger partial charge is 0.414 e. The van der Waals surface area contributed by atoms with Crippen molar-refractivity contribution in [1.29, 1.82) is 0 Å². The zero-order valence-corrected chi connectivity index (χ0v) is 32.0. The topological polar surface area (TPSA) is 186 Å². The number of aliphatic hydroxyl groups is 3. The highest BCUT2D eigenvalue weighted by molar-refractivity contribution is 6.84. The van der Waals surface area contributed by atoms with Crippen LogP contribution in [0.25, 0.3) is 0 Å². The molecule has 0 aromatic carbocycles. The fourth-order valence-electron chi connectivity index (χ4n) is 8.07. The van der Waals surface area contributed by atoms with E-state index < -0.39 is 60.1 Å². The second-order valence-corrected chi connectivity index (χ2v) is 23.9. The Bertz CT molecular complexity index is 1470. The smallest absolute Gasteiger partial charge is 0.335 e. The Labute approximate surface area is 290 Å². The van der Waals surface area contributed by atoms with E-state index in [1.165, 1.54) is 6.33 Å². The van der Waals surface area contributed by atoms with Crippen LogP contribution < -0.4 is 9.80 Å². The Hall–Kier alpha value is -2.17. The van der Waals surface area contributed by atoms with Crippen LogP contribution in [-0.4, -0.2) is 115 Å². The number of hydrogen-bond donors (Lipinski definition) is 5. The van der Waals surface area contributed by atoms with Crippen molar-refractivity contribution in [3.05, 3.63) is 24.5 Å². The lowest BCUT2D eigenvalue weighted by Crippen LogP contribution is -2.67. The summed E-state index contributed by atoms with van der Waals surface area (Å²) in [5.74, 6) is 0.910. The molecular weight excluding hydrogens is 667 g/mol. The molecule has 5 N–H and O–H groups in total. The van der Waals surface area contributed by atoms with Crippen molar-refractivity contribution in [1.82, 2.24) is 24.4 Å². The third kappa shape index (κ3) is 5.93. The summed E-state index contributed by atoms with van der Waals surface area (Å²) >= 11 is 0. The average molecular weight is 721 g/mol. The maximum atomic E-state index is 12.4. The first-order valence-electron chi connectivity index (χ1n) is 17.5. The number of aromatic nitrogens is 4. The van der Waals surface area contributed by atoms with Crippen LogP contribution in [0.15, 0.2) is 23.8 Å². The molecule has 6 heterocycles. The van der Waals surface area contributed by atoms with Crippen molar-refractivity contribution in [2.45, 2.75) is 140 Å². The molecule has 0 radical (unpaired) electrons. The standard InChI is InChI=1S/C32H54N7O8Si2/c1-17(2)48(18(3)4)43-13-25-29(46-49(47-48,19(5)6)20(7)8)28(42)32(45-25)39(26-10-23(41)24(12-40)44-26)16-37-27-30(35-15-36-31(27)39)38-21(9)22-11-33-14-34-22/h11,14-21,23-26,28-29,32,40-42H,10,12-13H2,1-9H3,(H,33,34)(H,35,36,38)/q+1/t21?,23-,24+,25+,26-,28+,29+,32+,39?/m0/s1. The molecule has 2 unspecified atom stereocenters. The van der Waals surface area contributed by atoms with Gasteiger partial charge in [0.1, 0.15) is 24.6 Å². The summed E-state index contributed by atoms with van der Waals surface area (Å²) in [5, 5.41) is 36.9. The van der Waals surface area contributed by atoms with Crippen LogP contribution in [0.2, 0.25) is 22.2 Å². The third-order valence-corrected chi connectivity index (χ3v) is 21.1. The number of nitrogens with one attached hydrogen (secondary N) is 2. The van der Waals surface area contributed by atoms with Gasteiger partial charge in [-0.3, -0.25) is 0 Å². The molecule has 4 aliphatic rings. The van der Waals surface area contributed by atoms with E-state index >= 15 is 0 Å². The molecule has 272 valence electrons. The van der Waals surface area contributed by atoms with Gasteiger partial charge in [-0.25, -0.2) is 9.97 Å². The minimum absolute atomic E-state index is 0.0551. The predicted octanol–water partition coefficient (Wildman–Crippen LogP) is 3.86. The van der Waals surface area contributed by atoms with Crippen molar-refractivity contribution >= 4 is 40.8 Å². The van der Waals surface area contributed by atoms with Crippen molar-refractivity contribution in [2.75, 3.05) is 18.5 Å². The van der Waals surface area contributed by atoms with E-state index in [9.17, 15) is 15.3 Å². The number of aliphatic hydroxyl groups excluding tert-OH is 3. The van der Waals surface area contributed by atoms with E-state index in [2.05, 4.69) is 75.7 Å². The van der Waals surface area contributed by atoms with Crippen molar-refractivity contribution in [2.24, 2.45) is 4.99 Å². The van der Waals surface area contributed by atoms with Crippen molar-refractivity contribution in [3.8, 4) is 0 Å². The molecule has 9 atom stereocenters. The van der Waals surface area contributed by atoms with Crippen LogP contribution in [-0.2, 0) is 22.4 Å². The van der Waals surface area contributed by atoms with Crippen LogP contribution >= 0.6 is 0 Å². The van der Waals surface area contributed by atoms with Crippen molar-refractivity contribution in [3.63, 3.8) is 0 Å². The number of rotatable bonds is 10. The highest BCUT2D eigenvalue weighted by atomic mass is 28.5. The Kier molecular flexibility index (Phi) is 10.3. The normalized spacial score (nSPS) is 34.4. The average Bonchev–Trinajstić information content (AvgIpc) is 3.84. The molecule has 3 fully saturated rings. The number of fused-ring (bicyclic) bond motifs is 2. The van der Waals surface area contributed by atoms with Gasteiger partial charge in [0.2, 0.25) is 18.8 Å². The van der Waals surface area contributed by atoms with E-state index in [-0.39, 0.29) is 52.3 Å². The zero-order chi connectivity index (χ0) is 35.5. The number of H-pyrrole nitrogens is 1. The van der Waals surface area contributed by atoms with Gasteiger partial charge < -0.3 is 48.1 Å². The zero-order valence-electron chi connectivity index (χ0n) is 30.0. The van der Waals surface area contributed by atoms with E-state index in [1.807, 2.05) is 6.92 Å². The summed E-state index contributed by atoms with van der Waals surface area (Å²) in [7, 11) is -5.94. The van der Waals surface area contributed by atoms with Crippen LogP contribution in [0, 0.1) is 0 Å². The molecule has 15 nitrogen and oxygen atoms in total. The number of ether oxygens (including phenoxy) is 2. The summed E-state index contributed by atoms with van der Waals surface area (Å²) in [5.41, 5.74) is 1.72. The molecule has 2 aromatic rings. The number of aliphatic imine (C=N–C) groups is 1. The molecule has 0 bridgehead atoms. The Balaban J connectivity index is 1.44. The van der Waals surface area contributed by atoms with Gasteiger partial charge in [-0.05, 0) is 29.1 Å². The lowest BCUT2D eigenvalue weighted by molar-refractivity contribution is -0.133. The van der Waals surface area contributed by atoms with Crippen LogP contribution in [0.5, 0.6) is 0 Å².